The molecule has 1 heterocycles. The van der Waals surface area contributed by atoms with Crippen LogP contribution in [0.1, 0.15) is 17.3 Å². The van der Waals surface area contributed by atoms with Gasteiger partial charge in [-0.25, -0.2) is 4.98 Å². The molecule has 1 aromatic heterocycles. The Balaban J connectivity index is 2.30. The molecule has 0 aliphatic heterocycles. The third-order valence-corrected chi connectivity index (χ3v) is 2.99. The lowest BCUT2D eigenvalue weighted by Gasteiger charge is -2.15. The molecule has 0 amide bonds. The van der Waals surface area contributed by atoms with Crippen LogP contribution in [-0.4, -0.2) is 35.5 Å². The van der Waals surface area contributed by atoms with Crippen molar-refractivity contribution in [3.63, 3.8) is 0 Å². The number of nitro groups is 1. The van der Waals surface area contributed by atoms with E-state index < -0.39 is 0 Å². The van der Waals surface area contributed by atoms with Crippen molar-refractivity contribution in [1.82, 2.24) is 9.97 Å². The molecule has 0 aliphatic carbocycles. The summed E-state index contributed by atoms with van der Waals surface area (Å²) in [5.41, 5.74) is 1.94. The highest BCUT2D eigenvalue weighted by atomic mass is 16.6. The summed E-state index contributed by atoms with van der Waals surface area (Å²) in [6, 6.07) is 7.72. The van der Waals surface area contributed by atoms with E-state index in [9.17, 15) is 10.1 Å². The van der Waals surface area contributed by atoms with Crippen LogP contribution in [-0.2, 0) is 0 Å². The quantitative estimate of drug-likeness (QED) is 0.658. The van der Waals surface area contributed by atoms with Gasteiger partial charge in [0.05, 0.1) is 0 Å². The lowest BCUT2D eigenvalue weighted by molar-refractivity contribution is -0.482. The number of aromatic amines is 1. The van der Waals surface area contributed by atoms with Crippen molar-refractivity contribution in [3.05, 3.63) is 58.2 Å². The van der Waals surface area contributed by atoms with E-state index in [0.717, 1.165) is 11.3 Å². The van der Waals surface area contributed by atoms with Crippen molar-refractivity contribution < 1.29 is 4.92 Å². The van der Waals surface area contributed by atoms with Gasteiger partial charge in [-0.05, 0) is 17.7 Å². The summed E-state index contributed by atoms with van der Waals surface area (Å²) in [5.74, 6) is 0.274. The fourth-order valence-corrected chi connectivity index (χ4v) is 1.97. The van der Waals surface area contributed by atoms with Crippen LogP contribution in [0.4, 0.5) is 5.69 Å². The van der Waals surface area contributed by atoms with Crippen LogP contribution in [0.25, 0.3) is 0 Å². The molecule has 2 rings (SSSR count). The number of nitrogens with one attached hydrogen (secondary N) is 1. The van der Waals surface area contributed by atoms with Crippen LogP contribution in [0.2, 0.25) is 0 Å². The summed E-state index contributed by atoms with van der Waals surface area (Å²) in [5, 5.41) is 10.8. The molecule has 0 aliphatic rings. The van der Waals surface area contributed by atoms with Crippen molar-refractivity contribution in [2.75, 3.05) is 25.5 Å². The second kappa shape index (κ2) is 5.51. The second-order valence-corrected chi connectivity index (χ2v) is 4.53. The zero-order valence-corrected chi connectivity index (χ0v) is 10.9. The molecular formula is C13H16N4O2. The molecule has 0 saturated carbocycles. The van der Waals surface area contributed by atoms with Gasteiger partial charge in [-0.2, -0.15) is 0 Å². The maximum atomic E-state index is 10.8. The predicted octanol–water partition coefficient (Wildman–Crippen LogP) is 1.88. The number of rotatable bonds is 5. The average Bonchev–Trinajstić information content (AvgIpc) is 2.89. The fourth-order valence-electron chi connectivity index (χ4n) is 1.97. The summed E-state index contributed by atoms with van der Waals surface area (Å²) >= 11 is 0. The van der Waals surface area contributed by atoms with Crippen molar-refractivity contribution >= 4 is 5.69 Å². The normalized spacial score (nSPS) is 12.1. The van der Waals surface area contributed by atoms with Gasteiger partial charge >= 0.3 is 0 Å². The van der Waals surface area contributed by atoms with Gasteiger partial charge in [-0.15, -0.1) is 0 Å². The number of anilines is 1. The Morgan fingerprint density at radius 2 is 2.05 bits per heavy atom. The van der Waals surface area contributed by atoms with Crippen molar-refractivity contribution in [3.8, 4) is 0 Å². The minimum atomic E-state index is -0.346. The van der Waals surface area contributed by atoms with E-state index in [1.807, 2.05) is 43.3 Å². The molecular weight excluding hydrogens is 244 g/mol. The first-order valence-electron chi connectivity index (χ1n) is 5.96. The van der Waals surface area contributed by atoms with E-state index in [1.54, 1.807) is 12.4 Å². The number of nitrogens with zero attached hydrogens (tertiary/aromatic N) is 3. The van der Waals surface area contributed by atoms with Crippen LogP contribution < -0.4 is 4.90 Å². The first-order chi connectivity index (χ1) is 9.08. The van der Waals surface area contributed by atoms with E-state index in [1.165, 1.54) is 0 Å². The minimum absolute atomic E-state index is 0.172. The Labute approximate surface area is 111 Å². The molecule has 100 valence electrons. The Bertz CT molecular complexity index is 534. The highest BCUT2D eigenvalue weighted by molar-refractivity contribution is 5.47. The molecule has 1 aromatic carbocycles. The molecule has 1 N–H and O–H groups in total. The summed E-state index contributed by atoms with van der Waals surface area (Å²) < 4.78 is 0. The maximum absolute atomic E-state index is 10.8. The third kappa shape index (κ3) is 3.09. The lowest BCUT2D eigenvalue weighted by atomic mass is 9.98. The zero-order valence-electron chi connectivity index (χ0n) is 10.9. The Kier molecular flexibility index (Phi) is 3.79. The SMILES string of the molecule is CN(C)c1ccc(C(C[N+](=O)[O-])c2ncc[nH]2)cc1. The van der Waals surface area contributed by atoms with Gasteiger partial charge in [-0.1, -0.05) is 12.1 Å². The number of hydrogen-bond acceptors (Lipinski definition) is 4. The smallest absolute Gasteiger partial charge is 0.217 e. The van der Waals surface area contributed by atoms with E-state index in [4.69, 9.17) is 0 Å². The van der Waals surface area contributed by atoms with E-state index in [-0.39, 0.29) is 17.4 Å². The Morgan fingerprint density at radius 1 is 1.37 bits per heavy atom. The summed E-state index contributed by atoms with van der Waals surface area (Å²) in [6.45, 7) is -0.172. The third-order valence-electron chi connectivity index (χ3n) is 2.99. The topological polar surface area (TPSA) is 75.1 Å². The Morgan fingerprint density at radius 3 is 2.53 bits per heavy atom. The maximum Gasteiger partial charge on any atom is 0.217 e. The van der Waals surface area contributed by atoms with Gasteiger partial charge < -0.3 is 9.88 Å². The van der Waals surface area contributed by atoms with Gasteiger partial charge in [0.15, 0.2) is 0 Å². The van der Waals surface area contributed by atoms with Crippen molar-refractivity contribution in [2.24, 2.45) is 0 Å². The van der Waals surface area contributed by atoms with Crippen LogP contribution in [0, 0.1) is 10.1 Å². The van der Waals surface area contributed by atoms with Gasteiger partial charge in [0.1, 0.15) is 11.7 Å². The highest BCUT2D eigenvalue weighted by Gasteiger charge is 2.22. The van der Waals surface area contributed by atoms with Crippen LogP contribution >= 0.6 is 0 Å². The molecule has 0 radical (unpaired) electrons. The zero-order chi connectivity index (χ0) is 13.8. The minimum Gasteiger partial charge on any atom is -0.378 e. The second-order valence-electron chi connectivity index (χ2n) is 4.53. The number of benzene rings is 1. The molecule has 0 fully saturated rings. The Hall–Kier alpha value is -2.37. The number of H-pyrrole nitrogens is 1. The highest BCUT2D eigenvalue weighted by Crippen LogP contribution is 2.24. The monoisotopic (exact) mass is 260 g/mol. The molecule has 19 heavy (non-hydrogen) atoms. The van der Waals surface area contributed by atoms with Gasteiger partial charge in [0, 0.05) is 37.1 Å². The largest absolute Gasteiger partial charge is 0.378 e. The average molecular weight is 260 g/mol. The van der Waals surface area contributed by atoms with Crippen LogP contribution in [0.5, 0.6) is 0 Å². The molecule has 0 spiro atoms. The molecule has 1 atom stereocenters. The number of aromatic nitrogens is 2. The first-order valence-corrected chi connectivity index (χ1v) is 5.96. The first kappa shape index (κ1) is 13.1. The summed E-state index contributed by atoms with van der Waals surface area (Å²) in [4.78, 5) is 19.6. The van der Waals surface area contributed by atoms with Gasteiger partial charge in [0.25, 0.3) is 0 Å². The van der Waals surface area contributed by atoms with Crippen LogP contribution in [0.3, 0.4) is 0 Å². The molecule has 1 unspecified atom stereocenters. The van der Waals surface area contributed by atoms with E-state index in [2.05, 4.69) is 9.97 Å². The molecule has 2 aromatic rings. The predicted molar refractivity (Wildman–Crippen MR) is 73.1 cm³/mol. The standard InChI is InChI=1S/C13H16N4O2/c1-16(2)11-5-3-10(4-6-11)12(9-17(18)19)13-14-7-8-15-13/h3-8,12H,9H2,1-2H3,(H,14,15). The summed E-state index contributed by atoms with van der Waals surface area (Å²) in [6.07, 6.45) is 3.28. The van der Waals surface area contributed by atoms with Crippen LogP contribution in [0.15, 0.2) is 36.7 Å². The molecule has 0 saturated heterocycles. The van der Waals surface area contributed by atoms with E-state index in [0.29, 0.717) is 5.82 Å². The van der Waals surface area contributed by atoms with E-state index >= 15 is 0 Å². The van der Waals surface area contributed by atoms with Gasteiger partial charge in [-0.3, -0.25) is 10.1 Å². The molecule has 6 nitrogen and oxygen atoms in total. The lowest BCUT2D eigenvalue weighted by Crippen LogP contribution is -2.15. The summed E-state index contributed by atoms with van der Waals surface area (Å²) in [7, 11) is 3.91. The van der Waals surface area contributed by atoms with Crippen molar-refractivity contribution in [2.45, 2.75) is 5.92 Å². The van der Waals surface area contributed by atoms with Crippen molar-refractivity contribution in [1.29, 1.82) is 0 Å². The fraction of sp³-hybridized carbons (Fsp3) is 0.308. The van der Waals surface area contributed by atoms with Gasteiger partial charge in [0.2, 0.25) is 6.54 Å². The molecule has 6 heteroatoms. The number of hydrogen-bond donors (Lipinski definition) is 1. The number of imidazole rings is 1. The molecule has 0 bridgehead atoms.